The third-order valence-electron chi connectivity index (χ3n) is 1.75. The van der Waals surface area contributed by atoms with Crippen molar-refractivity contribution < 1.29 is 0 Å². The summed E-state index contributed by atoms with van der Waals surface area (Å²) < 4.78 is 0. The second-order valence-corrected chi connectivity index (χ2v) is 4.21. The van der Waals surface area contributed by atoms with Gasteiger partial charge >= 0.3 is 0 Å². The fraction of sp³-hybridized carbons (Fsp3) is 0.667. The first-order valence-corrected chi connectivity index (χ1v) is 6.00. The van der Waals surface area contributed by atoms with Crippen LogP contribution in [-0.2, 0) is 6.54 Å². The Kier molecular flexibility index (Phi) is 6.15. The number of thiazole rings is 1. The molecule has 0 aromatic carbocycles. The van der Waals surface area contributed by atoms with Crippen LogP contribution in [0, 0.1) is 0 Å². The third kappa shape index (κ3) is 5.24. The van der Waals surface area contributed by atoms with E-state index in [1.165, 1.54) is 12.8 Å². The molecule has 1 rings (SSSR count). The number of nitrogens with zero attached hydrogens (tertiary/aromatic N) is 1. The van der Waals surface area contributed by atoms with E-state index < -0.39 is 0 Å². The summed E-state index contributed by atoms with van der Waals surface area (Å²) in [6.45, 7) is 1.97. The number of hydrogen-bond acceptors (Lipinski definition) is 3. The average Bonchev–Trinajstić information content (AvgIpc) is 2.63. The predicted octanol–water partition coefficient (Wildman–Crippen LogP) is 2.64. The molecule has 0 saturated heterocycles. The molecule has 0 aliphatic rings. The SMILES string of the molecule is ClCCCCCNCc1nccs1. The topological polar surface area (TPSA) is 24.9 Å². The zero-order valence-electron chi connectivity index (χ0n) is 7.63. The molecule has 1 heterocycles. The van der Waals surface area contributed by atoms with Crippen molar-refractivity contribution in [1.82, 2.24) is 10.3 Å². The van der Waals surface area contributed by atoms with Crippen LogP contribution in [0.25, 0.3) is 0 Å². The predicted molar refractivity (Wildman–Crippen MR) is 58.4 cm³/mol. The summed E-state index contributed by atoms with van der Waals surface area (Å²) in [5, 5.41) is 6.52. The molecule has 0 unspecified atom stereocenters. The van der Waals surface area contributed by atoms with Gasteiger partial charge in [0, 0.05) is 24.0 Å². The lowest BCUT2D eigenvalue weighted by Crippen LogP contribution is -2.14. The molecule has 13 heavy (non-hydrogen) atoms. The van der Waals surface area contributed by atoms with Crippen LogP contribution in [0.4, 0.5) is 0 Å². The van der Waals surface area contributed by atoms with E-state index in [0.717, 1.165) is 30.4 Å². The van der Waals surface area contributed by atoms with Crippen LogP contribution < -0.4 is 5.32 Å². The van der Waals surface area contributed by atoms with Crippen molar-refractivity contribution in [2.45, 2.75) is 25.8 Å². The lowest BCUT2D eigenvalue weighted by atomic mass is 10.2. The Morgan fingerprint density at radius 3 is 3.00 bits per heavy atom. The van der Waals surface area contributed by atoms with Crippen LogP contribution in [0.15, 0.2) is 11.6 Å². The summed E-state index contributed by atoms with van der Waals surface area (Å²) in [6.07, 6.45) is 5.39. The molecule has 0 aliphatic heterocycles. The number of halogens is 1. The zero-order chi connectivity index (χ0) is 9.36. The zero-order valence-corrected chi connectivity index (χ0v) is 9.20. The fourth-order valence-corrected chi connectivity index (χ4v) is 1.83. The molecule has 1 aromatic heterocycles. The molecule has 0 fully saturated rings. The molecule has 0 spiro atoms. The molecule has 4 heteroatoms. The summed E-state index contributed by atoms with van der Waals surface area (Å²) in [6, 6.07) is 0. The standard InChI is InChI=1S/C9H15ClN2S/c10-4-2-1-3-5-11-8-9-12-6-7-13-9/h6-7,11H,1-5,8H2. The Morgan fingerprint density at radius 2 is 2.31 bits per heavy atom. The number of hydrogen-bond donors (Lipinski definition) is 1. The maximum atomic E-state index is 5.57. The summed E-state index contributed by atoms with van der Waals surface area (Å²) in [5.41, 5.74) is 0. The largest absolute Gasteiger partial charge is 0.310 e. The number of unbranched alkanes of at least 4 members (excludes halogenated alkanes) is 2. The van der Waals surface area contributed by atoms with Gasteiger partial charge in [0.05, 0.1) is 0 Å². The Labute approximate surface area is 88.3 Å². The highest BCUT2D eigenvalue weighted by Gasteiger charge is 1.93. The lowest BCUT2D eigenvalue weighted by Gasteiger charge is -2.00. The van der Waals surface area contributed by atoms with E-state index in [0.29, 0.717) is 0 Å². The van der Waals surface area contributed by atoms with Crippen molar-refractivity contribution >= 4 is 22.9 Å². The van der Waals surface area contributed by atoms with E-state index in [2.05, 4.69) is 10.3 Å². The van der Waals surface area contributed by atoms with Crippen LogP contribution in [0.2, 0.25) is 0 Å². The number of nitrogens with one attached hydrogen (secondary N) is 1. The van der Waals surface area contributed by atoms with E-state index in [4.69, 9.17) is 11.6 Å². The van der Waals surface area contributed by atoms with Gasteiger partial charge in [0.15, 0.2) is 0 Å². The van der Waals surface area contributed by atoms with Gasteiger partial charge in [-0.1, -0.05) is 6.42 Å². The monoisotopic (exact) mass is 218 g/mol. The van der Waals surface area contributed by atoms with Crippen LogP contribution in [0.5, 0.6) is 0 Å². The van der Waals surface area contributed by atoms with Crippen molar-refractivity contribution in [3.63, 3.8) is 0 Å². The first kappa shape index (κ1) is 11.0. The maximum absolute atomic E-state index is 5.57. The Balaban J connectivity index is 1.90. The molecule has 0 aliphatic carbocycles. The summed E-state index contributed by atoms with van der Waals surface area (Å²) >= 11 is 7.26. The molecular formula is C9H15ClN2S. The molecular weight excluding hydrogens is 204 g/mol. The summed E-state index contributed by atoms with van der Waals surface area (Å²) in [7, 11) is 0. The van der Waals surface area contributed by atoms with Gasteiger partial charge in [-0.2, -0.15) is 0 Å². The molecule has 0 amide bonds. The smallest absolute Gasteiger partial charge is 0.106 e. The molecule has 0 saturated carbocycles. The third-order valence-corrected chi connectivity index (χ3v) is 2.79. The minimum Gasteiger partial charge on any atom is -0.310 e. The van der Waals surface area contributed by atoms with E-state index in [1.807, 2.05) is 11.6 Å². The molecule has 0 atom stereocenters. The highest BCUT2D eigenvalue weighted by Crippen LogP contribution is 2.02. The number of alkyl halides is 1. The van der Waals surface area contributed by atoms with Gasteiger partial charge in [0.1, 0.15) is 5.01 Å². The van der Waals surface area contributed by atoms with E-state index in [-0.39, 0.29) is 0 Å². The van der Waals surface area contributed by atoms with Crippen LogP contribution in [0.3, 0.4) is 0 Å². The second-order valence-electron chi connectivity index (χ2n) is 2.85. The van der Waals surface area contributed by atoms with Crippen LogP contribution in [-0.4, -0.2) is 17.4 Å². The molecule has 1 N–H and O–H groups in total. The van der Waals surface area contributed by atoms with Crippen molar-refractivity contribution in [1.29, 1.82) is 0 Å². The van der Waals surface area contributed by atoms with Gasteiger partial charge in [-0.25, -0.2) is 4.98 Å². The van der Waals surface area contributed by atoms with E-state index in [1.54, 1.807) is 11.3 Å². The maximum Gasteiger partial charge on any atom is 0.106 e. The van der Waals surface area contributed by atoms with Crippen molar-refractivity contribution in [3.05, 3.63) is 16.6 Å². The lowest BCUT2D eigenvalue weighted by molar-refractivity contribution is 0.616. The normalized spacial score (nSPS) is 10.5. The minimum absolute atomic E-state index is 0.784. The van der Waals surface area contributed by atoms with Gasteiger partial charge in [-0.05, 0) is 19.4 Å². The van der Waals surface area contributed by atoms with Gasteiger partial charge in [0.2, 0.25) is 0 Å². The first-order valence-electron chi connectivity index (χ1n) is 4.58. The van der Waals surface area contributed by atoms with Crippen molar-refractivity contribution in [2.24, 2.45) is 0 Å². The Bertz CT molecular complexity index is 201. The number of rotatable bonds is 7. The molecule has 1 aromatic rings. The quantitative estimate of drug-likeness (QED) is 0.562. The van der Waals surface area contributed by atoms with Gasteiger partial charge < -0.3 is 5.32 Å². The Morgan fingerprint density at radius 1 is 1.38 bits per heavy atom. The van der Waals surface area contributed by atoms with Gasteiger partial charge in [0.25, 0.3) is 0 Å². The van der Waals surface area contributed by atoms with E-state index >= 15 is 0 Å². The molecule has 0 bridgehead atoms. The summed E-state index contributed by atoms with van der Waals surface area (Å²) in [5.74, 6) is 0.784. The molecule has 2 nitrogen and oxygen atoms in total. The van der Waals surface area contributed by atoms with Crippen LogP contribution >= 0.6 is 22.9 Å². The highest BCUT2D eigenvalue weighted by molar-refractivity contribution is 7.09. The van der Waals surface area contributed by atoms with Crippen molar-refractivity contribution in [3.8, 4) is 0 Å². The first-order chi connectivity index (χ1) is 6.43. The van der Waals surface area contributed by atoms with Gasteiger partial charge in [-0.3, -0.25) is 0 Å². The summed E-state index contributed by atoms with van der Waals surface area (Å²) in [4.78, 5) is 4.19. The molecule has 0 radical (unpaired) electrons. The minimum atomic E-state index is 0.784. The highest BCUT2D eigenvalue weighted by atomic mass is 35.5. The van der Waals surface area contributed by atoms with Gasteiger partial charge in [-0.15, -0.1) is 22.9 Å². The van der Waals surface area contributed by atoms with Crippen molar-refractivity contribution in [2.75, 3.05) is 12.4 Å². The number of aromatic nitrogens is 1. The Hall–Kier alpha value is -0.120. The molecule has 74 valence electrons. The second kappa shape index (κ2) is 7.30. The average molecular weight is 219 g/mol. The fourth-order valence-electron chi connectivity index (χ4n) is 1.06. The van der Waals surface area contributed by atoms with Crippen LogP contribution in [0.1, 0.15) is 24.3 Å². The van der Waals surface area contributed by atoms with E-state index in [9.17, 15) is 0 Å².